The number of carbonyl (C=O) groups excluding carboxylic acids is 1. The molecule has 0 aliphatic heterocycles. The van der Waals surface area contributed by atoms with E-state index in [0.717, 1.165) is 41.0 Å². The monoisotopic (exact) mass is 383 g/mol. The van der Waals surface area contributed by atoms with E-state index in [9.17, 15) is 9.59 Å². The summed E-state index contributed by atoms with van der Waals surface area (Å²) in [5.41, 5.74) is 7.46. The molecule has 0 spiro atoms. The number of hydrogen-bond donors (Lipinski definition) is 1. The maximum atomic E-state index is 13.3. The third-order valence-corrected chi connectivity index (χ3v) is 6.35. The molecule has 27 heavy (non-hydrogen) atoms. The van der Waals surface area contributed by atoms with Crippen molar-refractivity contribution in [3.63, 3.8) is 0 Å². The fraction of sp³-hybridized carbons (Fsp3) is 0.350. The number of hydrogen-bond acceptors (Lipinski definition) is 5. The van der Waals surface area contributed by atoms with E-state index in [1.165, 1.54) is 9.44 Å². The molecular weight excluding hydrogens is 362 g/mol. The second-order valence-corrected chi connectivity index (χ2v) is 7.93. The Bertz CT molecular complexity index is 1080. The van der Waals surface area contributed by atoms with Crippen LogP contribution < -0.4 is 16.0 Å². The van der Waals surface area contributed by atoms with Crippen molar-refractivity contribution in [1.29, 1.82) is 0 Å². The Kier molecular flexibility index (Phi) is 4.47. The summed E-state index contributed by atoms with van der Waals surface area (Å²) in [4.78, 5) is 32.0. The second kappa shape index (κ2) is 6.81. The van der Waals surface area contributed by atoms with Gasteiger partial charge >= 0.3 is 0 Å². The van der Waals surface area contributed by atoms with Crippen molar-refractivity contribution in [1.82, 2.24) is 9.55 Å². The molecule has 6 nitrogen and oxygen atoms in total. The zero-order chi connectivity index (χ0) is 19.1. The molecule has 0 saturated heterocycles. The summed E-state index contributed by atoms with van der Waals surface area (Å²) in [5.74, 6) is 0.782. The summed E-state index contributed by atoms with van der Waals surface area (Å²) < 4.78 is 6.67. The maximum absolute atomic E-state index is 13.3. The lowest BCUT2D eigenvalue weighted by molar-refractivity contribution is -0.120. The van der Waals surface area contributed by atoms with Crippen LogP contribution in [0.2, 0.25) is 0 Å². The quantitative estimate of drug-likeness (QED) is 0.734. The van der Waals surface area contributed by atoms with E-state index in [0.29, 0.717) is 17.6 Å². The normalized spacial score (nSPS) is 14.3. The molecule has 2 aromatic heterocycles. The van der Waals surface area contributed by atoms with Gasteiger partial charge in [0.1, 0.15) is 22.4 Å². The van der Waals surface area contributed by atoms with Crippen LogP contribution >= 0.6 is 11.3 Å². The lowest BCUT2D eigenvalue weighted by atomic mass is 10.1. The minimum atomic E-state index is -0.750. The van der Waals surface area contributed by atoms with Crippen LogP contribution in [0.5, 0.6) is 5.75 Å². The van der Waals surface area contributed by atoms with Crippen LogP contribution in [0.4, 0.5) is 0 Å². The van der Waals surface area contributed by atoms with Crippen LogP contribution in [0.15, 0.2) is 29.1 Å². The maximum Gasteiger partial charge on any atom is 0.263 e. The molecule has 1 aliphatic rings. The Morgan fingerprint density at radius 1 is 1.33 bits per heavy atom. The topological polar surface area (TPSA) is 87.2 Å². The summed E-state index contributed by atoms with van der Waals surface area (Å²) in [5, 5.41) is 0.666. The molecule has 2 N–H and O–H groups in total. The molecule has 7 heteroatoms. The molecule has 1 aliphatic carbocycles. The zero-order valence-electron chi connectivity index (χ0n) is 15.3. The van der Waals surface area contributed by atoms with Crippen molar-refractivity contribution in [2.75, 3.05) is 7.11 Å². The number of aromatic nitrogens is 2. The van der Waals surface area contributed by atoms with Crippen LogP contribution in [0.25, 0.3) is 10.2 Å². The molecule has 0 radical (unpaired) electrons. The molecule has 4 rings (SSSR count). The number of benzene rings is 1. The lowest BCUT2D eigenvalue weighted by Gasteiger charge is -2.17. The van der Waals surface area contributed by atoms with Gasteiger partial charge in [0.25, 0.3) is 5.56 Å². The SMILES string of the molecule is COc1ccc(Cc2nc3sc4c(c3c(=O)n2C(C)C(N)=O)CCC4)cc1. The molecule has 1 atom stereocenters. The van der Waals surface area contributed by atoms with Crippen LogP contribution in [0.3, 0.4) is 0 Å². The number of thiophene rings is 1. The number of rotatable bonds is 5. The first-order valence-electron chi connectivity index (χ1n) is 8.97. The first-order valence-corrected chi connectivity index (χ1v) is 9.79. The minimum Gasteiger partial charge on any atom is -0.497 e. The minimum absolute atomic E-state index is 0.158. The number of carbonyl (C=O) groups is 1. The Morgan fingerprint density at radius 2 is 2.07 bits per heavy atom. The average molecular weight is 383 g/mol. The number of primary amides is 1. The Morgan fingerprint density at radius 3 is 2.74 bits per heavy atom. The molecule has 1 aromatic carbocycles. The summed E-state index contributed by atoms with van der Waals surface area (Å²) in [6.07, 6.45) is 3.40. The van der Waals surface area contributed by atoms with Crippen LogP contribution in [-0.4, -0.2) is 22.6 Å². The van der Waals surface area contributed by atoms with E-state index in [4.69, 9.17) is 15.5 Å². The van der Waals surface area contributed by atoms with E-state index in [1.54, 1.807) is 25.4 Å². The number of methoxy groups -OCH3 is 1. The zero-order valence-corrected chi connectivity index (χ0v) is 16.1. The van der Waals surface area contributed by atoms with Gasteiger partial charge in [-0.25, -0.2) is 4.98 Å². The standard InChI is InChI=1S/C20H21N3O3S/c1-11(18(21)24)23-16(10-12-6-8-13(26-2)9-7-12)22-19-17(20(23)25)14-4-3-5-15(14)27-19/h6-9,11H,3-5,10H2,1-2H3,(H2,21,24). The Balaban J connectivity index is 1.88. The number of ether oxygens (including phenoxy) is 1. The molecule has 0 saturated carbocycles. The lowest BCUT2D eigenvalue weighted by Crippen LogP contribution is -2.35. The largest absolute Gasteiger partial charge is 0.497 e. The van der Waals surface area contributed by atoms with Crippen molar-refractivity contribution in [3.05, 3.63) is 56.4 Å². The summed E-state index contributed by atoms with van der Waals surface area (Å²) in [6.45, 7) is 1.65. The van der Waals surface area contributed by atoms with E-state index in [-0.39, 0.29) is 5.56 Å². The van der Waals surface area contributed by atoms with Crippen molar-refractivity contribution in [3.8, 4) is 5.75 Å². The van der Waals surface area contributed by atoms with E-state index >= 15 is 0 Å². The number of nitrogens with two attached hydrogens (primary N) is 1. The van der Waals surface area contributed by atoms with E-state index < -0.39 is 11.9 Å². The number of fused-ring (bicyclic) bond motifs is 3. The van der Waals surface area contributed by atoms with Crippen molar-refractivity contribution >= 4 is 27.5 Å². The van der Waals surface area contributed by atoms with Gasteiger partial charge in [-0.15, -0.1) is 11.3 Å². The van der Waals surface area contributed by atoms with Gasteiger partial charge in [0.2, 0.25) is 5.91 Å². The molecule has 0 bridgehead atoms. The molecule has 3 aromatic rings. The Labute approximate surface area is 160 Å². The van der Waals surface area contributed by atoms with Crippen molar-refractivity contribution < 1.29 is 9.53 Å². The van der Waals surface area contributed by atoms with Crippen LogP contribution in [0.1, 0.15) is 41.2 Å². The number of amides is 1. The van der Waals surface area contributed by atoms with Gasteiger partial charge in [0.15, 0.2) is 0 Å². The van der Waals surface area contributed by atoms with Gasteiger partial charge in [-0.1, -0.05) is 12.1 Å². The van der Waals surface area contributed by atoms with Crippen LogP contribution in [0, 0.1) is 0 Å². The third kappa shape index (κ3) is 3.02. The van der Waals surface area contributed by atoms with Crippen LogP contribution in [-0.2, 0) is 24.1 Å². The van der Waals surface area contributed by atoms with Crippen molar-refractivity contribution in [2.24, 2.45) is 5.73 Å². The predicted molar refractivity (Wildman–Crippen MR) is 106 cm³/mol. The molecule has 140 valence electrons. The molecular formula is C20H21N3O3S. The molecule has 2 heterocycles. The van der Waals surface area contributed by atoms with Gasteiger partial charge in [0.05, 0.1) is 12.5 Å². The second-order valence-electron chi connectivity index (χ2n) is 6.84. The third-order valence-electron chi connectivity index (χ3n) is 5.16. The number of nitrogens with zero attached hydrogens (tertiary/aromatic N) is 2. The highest BCUT2D eigenvalue weighted by Gasteiger charge is 2.26. The molecule has 0 fully saturated rings. The van der Waals surface area contributed by atoms with Gasteiger partial charge in [-0.05, 0) is 49.4 Å². The number of aryl methyl sites for hydroxylation is 2. The van der Waals surface area contributed by atoms with Crippen molar-refractivity contribution in [2.45, 2.75) is 38.6 Å². The van der Waals surface area contributed by atoms with E-state index in [2.05, 4.69) is 0 Å². The summed E-state index contributed by atoms with van der Waals surface area (Å²) >= 11 is 1.60. The average Bonchev–Trinajstić information content (AvgIpc) is 3.22. The predicted octanol–water partition coefficient (Wildman–Crippen LogP) is 2.59. The molecule has 1 unspecified atom stereocenters. The van der Waals surface area contributed by atoms with Gasteiger partial charge < -0.3 is 10.5 Å². The summed E-state index contributed by atoms with van der Waals surface area (Å²) in [6, 6.07) is 6.85. The fourth-order valence-electron chi connectivity index (χ4n) is 3.68. The first-order chi connectivity index (χ1) is 13.0. The smallest absolute Gasteiger partial charge is 0.263 e. The Hall–Kier alpha value is -2.67. The highest BCUT2D eigenvalue weighted by atomic mass is 32.1. The summed E-state index contributed by atoms with van der Waals surface area (Å²) in [7, 11) is 1.62. The van der Waals surface area contributed by atoms with E-state index in [1.807, 2.05) is 24.3 Å². The highest BCUT2D eigenvalue weighted by molar-refractivity contribution is 7.18. The van der Waals surface area contributed by atoms with Gasteiger partial charge in [0, 0.05) is 11.3 Å². The highest BCUT2D eigenvalue weighted by Crippen LogP contribution is 2.35. The molecule has 1 amide bonds. The first kappa shape index (κ1) is 17.7. The fourth-order valence-corrected chi connectivity index (χ4v) is 4.95. The van der Waals surface area contributed by atoms with Gasteiger partial charge in [-0.3, -0.25) is 14.2 Å². The van der Waals surface area contributed by atoms with Gasteiger partial charge in [-0.2, -0.15) is 0 Å².